The van der Waals surface area contributed by atoms with Gasteiger partial charge in [0.2, 0.25) is 0 Å². The fourth-order valence-corrected chi connectivity index (χ4v) is 1.94. The Hall–Kier alpha value is -1.61. The maximum atomic E-state index is 11.5. The lowest BCUT2D eigenvalue weighted by molar-refractivity contribution is -0.127. The second-order valence-corrected chi connectivity index (χ2v) is 3.86. The summed E-state index contributed by atoms with van der Waals surface area (Å²) in [5.74, 6) is 0.0622. The number of carbonyl (C=O) groups excluding carboxylic acids is 1. The summed E-state index contributed by atoms with van der Waals surface area (Å²) in [7, 11) is 1.61. The number of hydrogen-bond donors (Lipinski definition) is 0. The molecule has 0 N–H and O–H groups in total. The van der Waals surface area contributed by atoms with Crippen molar-refractivity contribution < 1.29 is 14.3 Å². The predicted molar refractivity (Wildman–Crippen MR) is 59.8 cm³/mol. The average molecular weight is 218 g/mol. The van der Waals surface area contributed by atoms with Crippen molar-refractivity contribution in [2.24, 2.45) is 0 Å². The van der Waals surface area contributed by atoms with Gasteiger partial charge in [-0.2, -0.15) is 0 Å². The van der Waals surface area contributed by atoms with Gasteiger partial charge in [0.15, 0.2) is 11.4 Å². The second-order valence-electron chi connectivity index (χ2n) is 3.86. The van der Waals surface area contributed by atoms with E-state index >= 15 is 0 Å². The van der Waals surface area contributed by atoms with Crippen molar-refractivity contribution >= 4 is 5.78 Å². The summed E-state index contributed by atoms with van der Waals surface area (Å²) in [4.78, 5) is 11.5. The van der Waals surface area contributed by atoms with Crippen LogP contribution in [0.15, 0.2) is 42.7 Å². The molecule has 0 fully saturated rings. The highest BCUT2D eigenvalue weighted by Gasteiger charge is 2.37. The summed E-state index contributed by atoms with van der Waals surface area (Å²) < 4.78 is 10.8. The third kappa shape index (κ3) is 1.99. The van der Waals surface area contributed by atoms with Crippen LogP contribution in [0.25, 0.3) is 0 Å². The van der Waals surface area contributed by atoms with E-state index in [2.05, 4.69) is 0 Å². The number of hydrogen-bond acceptors (Lipinski definition) is 3. The molecule has 2 rings (SSSR count). The number of rotatable bonds is 3. The largest absolute Gasteiger partial charge is 0.487 e. The van der Waals surface area contributed by atoms with Gasteiger partial charge in [0.1, 0.15) is 0 Å². The predicted octanol–water partition coefficient (Wildman–Crippen LogP) is 2.03. The van der Waals surface area contributed by atoms with E-state index in [1.165, 1.54) is 12.3 Å². The molecule has 0 amide bonds. The van der Waals surface area contributed by atoms with Crippen LogP contribution in [0.3, 0.4) is 0 Å². The van der Waals surface area contributed by atoms with E-state index in [0.717, 1.165) is 5.56 Å². The molecule has 3 nitrogen and oxygen atoms in total. The minimum atomic E-state index is -0.665. The molecule has 1 aromatic carbocycles. The molecule has 0 radical (unpaired) electrons. The SMILES string of the molecule is COCC1(c2ccccc2)CC(=O)C=CO1. The number of benzene rings is 1. The summed E-state index contributed by atoms with van der Waals surface area (Å²) in [6, 6.07) is 9.69. The summed E-state index contributed by atoms with van der Waals surface area (Å²) in [5.41, 5.74) is 0.302. The number of allylic oxidation sites excluding steroid dienone is 1. The van der Waals surface area contributed by atoms with Crippen LogP contribution in [-0.2, 0) is 19.9 Å². The zero-order valence-corrected chi connectivity index (χ0v) is 9.18. The van der Waals surface area contributed by atoms with E-state index in [0.29, 0.717) is 13.0 Å². The van der Waals surface area contributed by atoms with Crippen molar-refractivity contribution in [1.82, 2.24) is 0 Å². The lowest BCUT2D eigenvalue weighted by Crippen LogP contribution is -2.37. The standard InChI is InChI=1S/C13H14O3/c1-15-10-13(9-12(14)7-8-16-13)11-5-3-2-4-6-11/h2-8H,9-10H2,1H3. The summed E-state index contributed by atoms with van der Waals surface area (Å²) >= 11 is 0. The fraction of sp³-hybridized carbons (Fsp3) is 0.308. The molecule has 0 aliphatic carbocycles. The highest BCUT2D eigenvalue weighted by molar-refractivity contribution is 5.91. The van der Waals surface area contributed by atoms with Crippen molar-refractivity contribution in [3.8, 4) is 0 Å². The molecule has 1 heterocycles. The Morgan fingerprint density at radius 3 is 2.75 bits per heavy atom. The Kier molecular flexibility index (Phi) is 3.06. The van der Waals surface area contributed by atoms with Crippen LogP contribution >= 0.6 is 0 Å². The second kappa shape index (κ2) is 4.49. The smallest absolute Gasteiger partial charge is 0.163 e. The van der Waals surface area contributed by atoms with Gasteiger partial charge in [0.25, 0.3) is 0 Å². The van der Waals surface area contributed by atoms with Gasteiger partial charge in [-0.1, -0.05) is 30.3 Å². The normalized spacial score (nSPS) is 24.2. The lowest BCUT2D eigenvalue weighted by Gasteiger charge is -2.34. The van der Waals surface area contributed by atoms with Gasteiger partial charge in [-0.05, 0) is 5.56 Å². The molecule has 16 heavy (non-hydrogen) atoms. The maximum Gasteiger partial charge on any atom is 0.163 e. The molecule has 1 atom stereocenters. The molecular weight excluding hydrogens is 204 g/mol. The zero-order chi connectivity index (χ0) is 11.4. The van der Waals surface area contributed by atoms with Crippen LogP contribution in [0.4, 0.5) is 0 Å². The van der Waals surface area contributed by atoms with E-state index in [1.807, 2.05) is 30.3 Å². The van der Waals surface area contributed by atoms with E-state index < -0.39 is 5.60 Å². The molecule has 1 aliphatic heterocycles. The van der Waals surface area contributed by atoms with Gasteiger partial charge >= 0.3 is 0 Å². The van der Waals surface area contributed by atoms with E-state index in [4.69, 9.17) is 9.47 Å². The highest BCUT2D eigenvalue weighted by atomic mass is 16.5. The van der Waals surface area contributed by atoms with Gasteiger partial charge in [0.05, 0.1) is 19.3 Å². The minimum Gasteiger partial charge on any atom is -0.487 e. The molecule has 0 saturated carbocycles. The van der Waals surface area contributed by atoms with Crippen molar-refractivity contribution in [3.05, 3.63) is 48.2 Å². The topological polar surface area (TPSA) is 35.5 Å². The van der Waals surface area contributed by atoms with Crippen molar-refractivity contribution in [2.45, 2.75) is 12.0 Å². The molecule has 84 valence electrons. The molecule has 0 aromatic heterocycles. The Bertz CT molecular complexity index is 397. The maximum absolute atomic E-state index is 11.5. The monoisotopic (exact) mass is 218 g/mol. The Labute approximate surface area is 94.7 Å². The first kappa shape index (κ1) is 10.9. The molecule has 0 spiro atoms. The number of ether oxygens (including phenoxy) is 2. The third-order valence-corrected chi connectivity index (χ3v) is 2.68. The minimum absolute atomic E-state index is 0.0622. The first-order chi connectivity index (χ1) is 7.77. The lowest BCUT2D eigenvalue weighted by atomic mass is 9.88. The fourth-order valence-electron chi connectivity index (χ4n) is 1.94. The zero-order valence-electron chi connectivity index (χ0n) is 9.18. The van der Waals surface area contributed by atoms with E-state index in [9.17, 15) is 4.79 Å². The number of methoxy groups -OCH3 is 1. The van der Waals surface area contributed by atoms with Gasteiger partial charge < -0.3 is 9.47 Å². The van der Waals surface area contributed by atoms with E-state index in [-0.39, 0.29) is 5.78 Å². The van der Waals surface area contributed by atoms with Crippen molar-refractivity contribution in [2.75, 3.05) is 13.7 Å². The van der Waals surface area contributed by atoms with Crippen molar-refractivity contribution in [3.63, 3.8) is 0 Å². The van der Waals surface area contributed by atoms with Gasteiger partial charge in [-0.3, -0.25) is 4.79 Å². The van der Waals surface area contributed by atoms with Crippen molar-refractivity contribution in [1.29, 1.82) is 0 Å². The molecule has 3 heteroatoms. The number of carbonyl (C=O) groups is 1. The molecule has 0 bridgehead atoms. The van der Waals surface area contributed by atoms with Crippen LogP contribution in [0, 0.1) is 0 Å². The molecule has 1 unspecified atom stereocenters. The van der Waals surface area contributed by atoms with Gasteiger partial charge in [-0.15, -0.1) is 0 Å². The summed E-state index contributed by atoms with van der Waals surface area (Å²) in [5, 5.41) is 0. The Morgan fingerprint density at radius 1 is 1.38 bits per heavy atom. The van der Waals surface area contributed by atoms with Crippen LogP contribution in [0.1, 0.15) is 12.0 Å². The Morgan fingerprint density at radius 2 is 2.12 bits per heavy atom. The Balaban J connectivity index is 2.36. The van der Waals surface area contributed by atoms with Gasteiger partial charge in [-0.25, -0.2) is 0 Å². The van der Waals surface area contributed by atoms with Crippen LogP contribution in [0.5, 0.6) is 0 Å². The highest BCUT2D eigenvalue weighted by Crippen LogP contribution is 2.33. The third-order valence-electron chi connectivity index (χ3n) is 2.68. The van der Waals surface area contributed by atoms with E-state index in [1.54, 1.807) is 7.11 Å². The number of ketones is 1. The quantitative estimate of drug-likeness (QED) is 0.778. The molecule has 0 saturated heterocycles. The average Bonchev–Trinajstić information content (AvgIpc) is 2.31. The molecule has 1 aliphatic rings. The van der Waals surface area contributed by atoms with Crippen LogP contribution < -0.4 is 0 Å². The summed E-state index contributed by atoms with van der Waals surface area (Å²) in [6.45, 7) is 0.368. The van der Waals surface area contributed by atoms with Crippen LogP contribution in [-0.4, -0.2) is 19.5 Å². The first-order valence-electron chi connectivity index (χ1n) is 5.18. The first-order valence-corrected chi connectivity index (χ1v) is 5.18. The summed E-state index contributed by atoms with van der Waals surface area (Å²) in [6.07, 6.45) is 3.23. The molecule has 1 aromatic rings. The van der Waals surface area contributed by atoms with Crippen LogP contribution in [0.2, 0.25) is 0 Å². The molecular formula is C13H14O3. The van der Waals surface area contributed by atoms with Gasteiger partial charge in [0, 0.05) is 13.2 Å².